The molecule has 0 saturated carbocycles. The third kappa shape index (κ3) is 1.64. The molecule has 0 aliphatic heterocycles. The maximum Gasteiger partial charge on any atom is 0.165 e. The molecule has 1 aromatic rings. The largest absolute Gasteiger partial charge is 0.294 e. The van der Waals surface area contributed by atoms with Gasteiger partial charge in [-0.25, -0.2) is 0 Å². The molecule has 1 aromatic carbocycles. The van der Waals surface area contributed by atoms with Gasteiger partial charge in [0.2, 0.25) is 0 Å². The van der Waals surface area contributed by atoms with E-state index in [1.165, 1.54) is 36.0 Å². The number of carbonyl (C=O) groups is 1. The van der Waals surface area contributed by atoms with E-state index in [1.807, 2.05) is 0 Å². The molecule has 0 N–H and O–H groups in total. The van der Waals surface area contributed by atoms with Crippen LogP contribution in [0, 0.1) is 5.92 Å². The van der Waals surface area contributed by atoms with Crippen molar-refractivity contribution in [1.29, 1.82) is 0 Å². The average Bonchev–Trinajstić information content (AvgIpc) is 2.33. The van der Waals surface area contributed by atoms with Crippen molar-refractivity contribution in [3.63, 3.8) is 0 Å². The highest BCUT2D eigenvalue weighted by Crippen LogP contribution is 2.41. The number of hydrogen-bond acceptors (Lipinski definition) is 1. The second-order valence-electron chi connectivity index (χ2n) is 6.66. The van der Waals surface area contributed by atoms with Gasteiger partial charge in [-0.2, -0.15) is 0 Å². The number of hydrogen-bond donors (Lipinski definition) is 0. The molecular weight excluding hydrogens is 220 g/mol. The van der Waals surface area contributed by atoms with Gasteiger partial charge in [-0.05, 0) is 54.2 Å². The van der Waals surface area contributed by atoms with Crippen molar-refractivity contribution in [3.8, 4) is 0 Å². The molecule has 0 fully saturated rings. The van der Waals surface area contributed by atoms with E-state index >= 15 is 0 Å². The Hall–Kier alpha value is -1.11. The van der Waals surface area contributed by atoms with E-state index in [-0.39, 0.29) is 11.3 Å². The lowest BCUT2D eigenvalue weighted by Crippen LogP contribution is -2.28. The van der Waals surface area contributed by atoms with Crippen LogP contribution in [0.4, 0.5) is 0 Å². The van der Waals surface area contributed by atoms with Gasteiger partial charge < -0.3 is 0 Å². The van der Waals surface area contributed by atoms with Gasteiger partial charge in [0.05, 0.1) is 0 Å². The molecule has 2 aliphatic carbocycles. The van der Waals surface area contributed by atoms with Gasteiger partial charge in [0.25, 0.3) is 0 Å². The lowest BCUT2D eigenvalue weighted by Gasteiger charge is -2.36. The van der Waals surface area contributed by atoms with E-state index in [9.17, 15) is 4.79 Å². The summed E-state index contributed by atoms with van der Waals surface area (Å²) in [7, 11) is 0. The number of ketones is 1. The summed E-state index contributed by atoms with van der Waals surface area (Å²) in [5, 5.41) is 0. The van der Waals surface area contributed by atoms with Gasteiger partial charge in [-0.15, -0.1) is 0 Å². The van der Waals surface area contributed by atoms with Crippen LogP contribution in [-0.4, -0.2) is 5.78 Å². The maximum atomic E-state index is 12.3. The van der Waals surface area contributed by atoms with Crippen molar-refractivity contribution in [3.05, 3.63) is 34.4 Å². The average molecular weight is 242 g/mol. The molecular formula is C17H22O. The van der Waals surface area contributed by atoms with Crippen LogP contribution in [-0.2, 0) is 18.3 Å². The quantitative estimate of drug-likeness (QED) is 0.670. The van der Waals surface area contributed by atoms with Crippen LogP contribution in [0.1, 0.15) is 67.1 Å². The van der Waals surface area contributed by atoms with Gasteiger partial charge >= 0.3 is 0 Å². The van der Waals surface area contributed by atoms with Gasteiger partial charge in [-0.1, -0.05) is 32.9 Å². The first kappa shape index (κ1) is 12.0. The molecule has 1 unspecified atom stereocenters. The maximum absolute atomic E-state index is 12.3. The summed E-state index contributed by atoms with van der Waals surface area (Å²) >= 11 is 0. The first-order chi connectivity index (χ1) is 8.50. The molecule has 0 bridgehead atoms. The van der Waals surface area contributed by atoms with E-state index in [0.29, 0.717) is 5.78 Å². The molecule has 2 aliphatic rings. The predicted octanol–water partition coefficient (Wildman–Crippen LogP) is 4.07. The SMILES string of the molecule is CC1CCc2c(ccc3c2CCCC3(C)C)C1=O. The minimum Gasteiger partial charge on any atom is -0.294 e. The fourth-order valence-corrected chi connectivity index (χ4v) is 3.73. The van der Waals surface area contributed by atoms with Crippen LogP contribution in [0.5, 0.6) is 0 Å². The van der Waals surface area contributed by atoms with Crippen LogP contribution in [0.15, 0.2) is 12.1 Å². The van der Waals surface area contributed by atoms with E-state index in [2.05, 4.69) is 32.9 Å². The fourth-order valence-electron chi connectivity index (χ4n) is 3.73. The number of Topliss-reactive ketones (excluding diaryl/α,β-unsaturated/α-hetero) is 1. The van der Waals surface area contributed by atoms with Crippen molar-refractivity contribution >= 4 is 5.78 Å². The monoisotopic (exact) mass is 242 g/mol. The zero-order valence-electron chi connectivity index (χ0n) is 11.7. The Morgan fingerprint density at radius 3 is 2.72 bits per heavy atom. The van der Waals surface area contributed by atoms with E-state index in [1.54, 1.807) is 0 Å². The van der Waals surface area contributed by atoms with Crippen LogP contribution >= 0.6 is 0 Å². The van der Waals surface area contributed by atoms with Gasteiger partial charge in [0, 0.05) is 11.5 Å². The van der Waals surface area contributed by atoms with Crippen LogP contribution in [0.3, 0.4) is 0 Å². The molecule has 3 rings (SSSR count). The smallest absolute Gasteiger partial charge is 0.165 e. The number of fused-ring (bicyclic) bond motifs is 3. The standard InChI is InChI=1S/C17H22O/c1-11-6-7-12-13-5-4-10-17(2,3)15(13)9-8-14(12)16(11)18/h8-9,11H,4-7,10H2,1-3H3. The summed E-state index contributed by atoms with van der Waals surface area (Å²) in [6.07, 6.45) is 5.83. The Bertz CT molecular complexity index is 511. The predicted molar refractivity (Wildman–Crippen MR) is 74.2 cm³/mol. The first-order valence-electron chi connectivity index (χ1n) is 7.20. The Morgan fingerprint density at radius 2 is 1.94 bits per heavy atom. The molecule has 0 radical (unpaired) electrons. The number of carbonyl (C=O) groups excluding carboxylic acids is 1. The normalized spacial score (nSPS) is 25.5. The Kier molecular flexibility index (Phi) is 2.62. The minimum absolute atomic E-state index is 0.215. The van der Waals surface area contributed by atoms with Gasteiger partial charge in [0.15, 0.2) is 5.78 Å². The fraction of sp³-hybridized carbons (Fsp3) is 0.588. The van der Waals surface area contributed by atoms with Crippen molar-refractivity contribution < 1.29 is 4.79 Å². The second kappa shape index (κ2) is 3.94. The van der Waals surface area contributed by atoms with E-state index < -0.39 is 0 Å². The highest BCUT2D eigenvalue weighted by atomic mass is 16.1. The summed E-state index contributed by atoms with van der Waals surface area (Å²) in [6.45, 7) is 6.74. The van der Waals surface area contributed by atoms with Gasteiger partial charge in [0.1, 0.15) is 0 Å². The zero-order valence-corrected chi connectivity index (χ0v) is 11.7. The lowest BCUT2D eigenvalue weighted by molar-refractivity contribution is 0.0913. The highest BCUT2D eigenvalue weighted by Gasteiger charge is 2.33. The van der Waals surface area contributed by atoms with Crippen LogP contribution in [0.25, 0.3) is 0 Å². The first-order valence-corrected chi connectivity index (χ1v) is 7.20. The van der Waals surface area contributed by atoms with E-state index in [4.69, 9.17) is 0 Å². The number of rotatable bonds is 0. The van der Waals surface area contributed by atoms with Crippen molar-refractivity contribution in [2.45, 2.75) is 58.3 Å². The third-order valence-electron chi connectivity index (χ3n) is 4.93. The zero-order chi connectivity index (χ0) is 12.9. The summed E-state index contributed by atoms with van der Waals surface area (Å²) in [5.74, 6) is 0.578. The summed E-state index contributed by atoms with van der Waals surface area (Å²) in [6, 6.07) is 4.32. The molecule has 0 amide bonds. The summed E-state index contributed by atoms with van der Waals surface area (Å²) < 4.78 is 0. The van der Waals surface area contributed by atoms with Crippen molar-refractivity contribution in [2.75, 3.05) is 0 Å². The Balaban J connectivity index is 2.18. The Morgan fingerprint density at radius 1 is 1.17 bits per heavy atom. The minimum atomic E-state index is 0.215. The molecule has 0 spiro atoms. The lowest BCUT2D eigenvalue weighted by atomic mass is 9.69. The Labute approximate surface area is 110 Å². The molecule has 0 heterocycles. The molecule has 18 heavy (non-hydrogen) atoms. The van der Waals surface area contributed by atoms with Crippen LogP contribution < -0.4 is 0 Å². The topological polar surface area (TPSA) is 17.1 Å². The van der Waals surface area contributed by atoms with Crippen molar-refractivity contribution in [1.82, 2.24) is 0 Å². The molecule has 96 valence electrons. The molecule has 0 aromatic heterocycles. The molecule has 1 nitrogen and oxygen atoms in total. The molecule has 0 saturated heterocycles. The highest BCUT2D eigenvalue weighted by molar-refractivity contribution is 6.00. The number of benzene rings is 1. The second-order valence-corrected chi connectivity index (χ2v) is 6.66. The third-order valence-corrected chi connectivity index (χ3v) is 4.93. The van der Waals surface area contributed by atoms with E-state index in [0.717, 1.165) is 18.4 Å². The van der Waals surface area contributed by atoms with Gasteiger partial charge in [-0.3, -0.25) is 4.79 Å². The summed E-state index contributed by atoms with van der Waals surface area (Å²) in [5.41, 5.74) is 5.68. The summed E-state index contributed by atoms with van der Waals surface area (Å²) in [4.78, 5) is 12.3. The molecule has 1 heteroatoms. The van der Waals surface area contributed by atoms with Crippen LogP contribution in [0.2, 0.25) is 0 Å². The van der Waals surface area contributed by atoms with Crippen molar-refractivity contribution in [2.24, 2.45) is 5.92 Å². The molecule has 1 atom stereocenters.